The van der Waals surface area contributed by atoms with Crippen molar-refractivity contribution < 1.29 is 9.47 Å². The Kier molecular flexibility index (Phi) is 5.93. The summed E-state index contributed by atoms with van der Waals surface area (Å²) >= 11 is 1.85. The smallest absolute Gasteiger partial charge is 0.142 e. The van der Waals surface area contributed by atoms with Crippen LogP contribution in [0.3, 0.4) is 0 Å². The van der Waals surface area contributed by atoms with E-state index >= 15 is 0 Å². The van der Waals surface area contributed by atoms with Gasteiger partial charge in [-0.3, -0.25) is 0 Å². The van der Waals surface area contributed by atoms with Gasteiger partial charge in [-0.25, -0.2) is 0 Å². The monoisotopic (exact) mass is 305 g/mol. The van der Waals surface area contributed by atoms with E-state index in [0.29, 0.717) is 13.2 Å². The molecule has 0 spiro atoms. The molecule has 0 unspecified atom stereocenters. The minimum atomic E-state index is 0.654. The van der Waals surface area contributed by atoms with E-state index in [1.165, 1.54) is 9.75 Å². The van der Waals surface area contributed by atoms with Gasteiger partial charge in [0.15, 0.2) is 0 Å². The second kappa shape index (κ2) is 7.93. The van der Waals surface area contributed by atoms with Crippen molar-refractivity contribution >= 4 is 17.0 Å². The van der Waals surface area contributed by atoms with Crippen LogP contribution in [0, 0.1) is 0 Å². The zero-order chi connectivity index (χ0) is 15.1. The van der Waals surface area contributed by atoms with E-state index in [9.17, 15) is 0 Å². The predicted molar refractivity (Wildman–Crippen MR) is 89.8 cm³/mol. The number of benzene rings is 1. The quantitative estimate of drug-likeness (QED) is 0.765. The number of ether oxygens (including phenoxy) is 2. The first kappa shape index (κ1) is 15.7. The Labute approximate surface area is 130 Å². The molecule has 21 heavy (non-hydrogen) atoms. The van der Waals surface area contributed by atoms with Gasteiger partial charge in [0.1, 0.15) is 11.5 Å². The minimum absolute atomic E-state index is 0.654. The third kappa shape index (κ3) is 4.39. The molecule has 1 aromatic heterocycles. The average molecular weight is 305 g/mol. The maximum absolute atomic E-state index is 5.67. The summed E-state index contributed by atoms with van der Waals surface area (Å²) < 4.78 is 11.2. The SMILES string of the molecule is CCOc1ccc(OCC)c(NCc2ccc(CC)s2)c1. The molecule has 4 heteroatoms. The normalized spacial score (nSPS) is 10.4. The lowest BCUT2D eigenvalue weighted by atomic mass is 10.2. The molecular formula is C17H23NO2S. The fourth-order valence-corrected chi connectivity index (χ4v) is 2.97. The summed E-state index contributed by atoms with van der Waals surface area (Å²) in [5.74, 6) is 1.73. The molecule has 2 aromatic rings. The van der Waals surface area contributed by atoms with E-state index in [2.05, 4.69) is 24.4 Å². The van der Waals surface area contributed by atoms with Crippen molar-refractivity contribution in [1.82, 2.24) is 0 Å². The highest BCUT2D eigenvalue weighted by atomic mass is 32.1. The van der Waals surface area contributed by atoms with E-state index in [1.54, 1.807) is 0 Å². The largest absolute Gasteiger partial charge is 0.494 e. The number of hydrogen-bond donors (Lipinski definition) is 1. The first-order valence-electron chi connectivity index (χ1n) is 7.47. The van der Waals surface area contributed by atoms with Gasteiger partial charge in [-0.15, -0.1) is 11.3 Å². The molecule has 0 saturated carbocycles. The van der Waals surface area contributed by atoms with E-state index < -0.39 is 0 Å². The molecule has 0 saturated heterocycles. The topological polar surface area (TPSA) is 30.5 Å². The molecule has 0 aliphatic heterocycles. The van der Waals surface area contributed by atoms with Crippen LogP contribution in [0.1, 0.15) is 30.5 Å². The van der Waals surface area contributed by atoms with Crippen LogP contribution in [-0.2, 0) is 13.0 Å². The number of thiophene rings is 1. The van der Waals surface area contributed by atoms with Crippen LogP contribution in [0.4, 0.5) is 5.69 Å². The summed E-state index contributed by atoms with van der Waals surface area (Å²) in [5.41, 5.74) is 0.981. The van der Waals surface area contributed by atoms with Crippen molar-refractivity contribution in [3.63, 3.8) is 0 Å². The maximum atomic E-state index is 5.67. The van der Waals surface area contributed by atoms with Gasteiger partial charge < -0.3 is 14.8 Å². The fourth-order valence-electron chi connectivity index (χ4n) is 2.07. The average Bonchev–Trinajstić information content (AvgIpc) is 2.96. The molecule has 1 heterocycles. The summed E-state index contributed by atoms with van der Waals surface area (Å²) in [4.78, 5) is 2.75. The first-order valence-corrected chi connectivity index (χ1v) is 8.29. The lowest BCUT2D eigenvalue weighted by molar-refractivity contribution is 0.332. The van der Waals surface area contributed by atoms with Gasteiger partial charge in [-0.05, 0) is 44.5 Å². The zero-order valence-corrected chi connectivity index (χ0v) is 13.8. The lowest BCUT2D eigenvalue weighted by Crippen LogP contribution is -2.02. The van der Waals surface area contributed by atoms with Crippen LogP contribution in [0.5, 0.6) is 11.5 Å². The van der Waals surface area contributed by atoms with Gasteiger partial charge in [0.25, 0.3) is 0 Å². The van der Waals surface area contributed by atoms with E-state index in [1.807, 2.05) is 43.4 Å². The molecule has 0 fully saturated rings. The Morgan fingerprint density at radius 2 is 1.71 bits per heavy atom. The second-order valence-electron chi connectivity index (χ2n) is 4.60. The van der Waals surface area contributed by atoms with Crippen molar-refractivity contribution in [3.8, 4) is 11.5 Å². The van der Waals surface area contributed by atoms with Crippen molar-refractivity contribution in [3.05, 3.63) is 40.1 Å². The van der Waals surface area contributed by atoms with Crippen LogP contribution in [-0.4, -0.2) is 13.2 Å². The molecule has 3 nitrogen and oxygen atoms in total. The minimum Gasteiger partial charge on any atom is -0.494 e. The Bertz CT molecular complexity index is 566. The third-order valence-electron chi connectivity index (χ3n) is 3.08. The van der Waals surface area contributed by atoms with Crippen LogP contribution in [0.2, 0.25) is 0 Å². The van der Waals surface area contributed by atoms with E-state index in [-0.39, 0.29) is 0 Å². The zero-order valence-electron chi connectivity index (χ0n) is 12.9. The van der Waals surface area contributed by atoms with Crippen LogP contribution < -0.4 is 14.8 Å². The molecule has 0 aliphatic rings. The van der Waals surface area contributed by atoms with Crippen molar-refractivity contribution in [2.45, 2.75) is 33.7 Å². The third-order valence-corrected chi connectivity index (χ3v) is 4.31. The molecule has 1 N–H and O–H groups in total. The highest BCUT2D eigenvalue weighted by Gasteiger charge is 2.06. The van der Waals surface area contributed by atoms with Crippen molar-refractivity contribution in [2.24, 2.45) is 0 Å². The summed E-state index contributed by atoms with van der Waals surface area (Å²) in [7, 11) is 0. The molecule has 0 bridgehead atoms. The molecule has 0 amide bonds. The molecule has 0 aliphatic carbocycles. The summed E-state index contributed by atoms with van der Waals surface area (Å²) in [5, 5.41) is 3.46. The van der Waals surface area contributed by atoms with Gasteiger partial charge in [0.05, 0.1) is 18.9 Å². The number of rotatable bonds is 8. The fraction of sp³-hybridized carbons (Fsp3) is 0.412. The lowest BCUT2D eigenvalue weighted by Gasteiger charge is -2.13. The first-order chi connectivity index (χ1) is 10.3. The maximum Gasteiger partial charge on any atom is 0.142 e. The van der Waals surface area contributed by atoms with Gasteiger partial charge in [0, 0.05) is 22.4 Å². The number of aryl methyl sites for hydroxylation is 1. The Balaban J connectivity index is 2.09. The molecule has 1 aromatic carbocycles. The Morgan fingerprint density at radius 3 is 2.38 bits per heavy atom. The highest BCUT2D eigenvalue weighted by molar-refractivity contribution is 7.12. The van der Waals surface area contributed by atoms with Crippen molar-refractivity contribution in [2.75, 3.05) is 18.5 Å². The summed E-state index contributed by atoms with van der Waals surface area (Å²) in [6.07, 6.45) is 1.09. The molecular weight excluding hydrogens is 282 g/mol. The molecule has 2 rings (SSSR count). The Morgan fingerprint density at radius 1 is 0.952 bits per heavy atom. The molecule has 0 atom stereocenters. The summed E-state index contributed by atoms with van der Waals surface area (Å²) in [6, 6.07) is 10.3. The van der Waals surface area contributed by atoms with E-state index in [0.717, 1.165) is 30.2 Å². The number of nitrogens with one attached hydrogen (secondary N) is 1. The van der Waals surface area contributed by atoms with E-state index in [4.69, 9.17) is 9.47 Å². The number of anilines is 1. The van der Waals surface area contributed by atoms with Gasteiger partial charge in [-0.1, -0.05) is 6.92 Å². The standard InChI is InChI=1S/C17H23NO2S/c1-4-14-8-9-15(21-14)12-18-16-11-13(19-5-2)7-10-17(16)20-6-3/h7-11,18H,4-6,12H2,1-3H3. The molecule has 114 valence electrons. The van der Waals surface area contributed by atoms with Crippen molar-refractivity contribution in [1.29, 1.82) is 0 Å². The number of hydrogen-bond acceptors (Lipinski definition) is 4. The van der Waals surface area contributed by atoms with Gasteiger partial charge in [-0.2, -0.15) is 0 Å². The van der Waals surface area contributed by atoms with Crippen LogP contribution in [0.25, 0.3) is 0 Å². The van der Waals surface area contributed by atoms with Gasteiger partial charge in [0.2, 0.25) is 0 Å². The Hall–Kier alpha value is -1.68. The summed E-state index contributed by atoms with van der Waals surface area (Å²) in [6.45, 7) is 8.29. The predicted octanol–water partition coefficient (Wildman–Crippen LogP) is 4.72. The highest BCUT2D eigenvalue weighted by Crippen LogP contribution is 2.30. The van der Waals surface area contributed by atoms with Crippen LogP contribution in [0.15, 0.2) is 30.3 Å². The molecule has 0 radical (unpaired) electrons. The van der Waals surface area contributed by atoms with Crippen LogP contribution >= 0.6 is 11.3 Å². The van der Waals surface area contributed by atoms with Gasteiger partial charge >= 0.3 is 0 Å². The second-order valence-corrected chi connectivity index (χ2v) is 5.85.